The Labute approximate surface area is 124 Å². The summed E-state index contributed by atoms with van der Waals surface area (Å²) in [4.78, 5) is 31.5. The van der Waals surface area contributed by atoms with Crippen molar-refractivity contribution in [3.05, 3.63) is 30.1 Å². The second kappa shape index (κ2) is 6.11. The molecule has 1 aliphatic heterocycles. The second-order valence-corrected chi connectivity index (χ2v) is 6.00. The molecule has 0 atom stereocenters. The van der Waals surface area contributed by atoms with Gasteiger partial charge in [-0.05, 0) is 32.9 Å². The Morgan fingerprint density at radius 1 is 1.05 bits per heavy atom. The molecule has 2 rings (SSSR count). The lowest BCUT2D eigenvalue weighted by molar-refractivity contribution is 0.0141. The summed E-state index contributed by atoms with van der Waals surface area (Å²) in [6.07, 6.45) is 2.88. The minimum atomic E-state index is -0.499. The zero-order chi connectivity index (χ0) is 15.5. The van der Waals surface area contributed by atoms with Crippen LogP contribution in [0.5, 0.6) is 0 Å². The number of carbonyl (C=O) groups excluding carboxylic acids is 2. The molecule has 114 valence electrons. The van der Waals surface area contributed by atoms with Crippen molar-refractivity contribution in [1.29, 1.82) is 0 Å². The Hall–Kier alpha value is -2.11. The van der Waals surface area contributed by atoms with Gasteiger partial charge in [0.1, 0.15) is 5.60 Å². The lowest BCUT2D eigenvalue weighted by atomic mass is 10.2. The molecule has 0 unspecified atom stereocenters. The van der Waals surface area contributed by atoms with E-state index in [0.717, 1.165) is 0 Å². The van der Waals surface area contributed by atoms with E-state index in [4.69, 9.17) is 4.74 Å². The van der Waals surface area contributed by atoms with E-state index in [2.05, 4.69) is 4.98 Å². The van der Waals surface area contributed by atoms with E-state index in [-0.39, 0.29) is 12.0 Å². The molecule has 0 bridgehead atoms. The molecule has 1 aromatic heterocycles. The van der Waals surface area contributed by atoms with Gasteiger partial charge in [0.25, 0.3) is 5.91 Å². The summed E-state index contributed by atoms with van der Waals surface area (Å²) in [7, 11) is 0. The van der Waals surface area contributed by atoms with Gasteiger partial charge in [0.15, 0.2) is 0 Å². The fourth-order valence-corrected chi connectivity index (χ4v) is 2.10. The summed E-state index contributed by atoms with van der Waals surface area (Å²) >= 11 is 0. The second-order valence-electron chi connectivity index (χ2n) is 6.00. The topological polar surface area (TPSA) is 62.7 Å². The number of hydrogen-bond acceptors (Lipinski definition) is 4. The molecule has 1 fully saturated rings. The van der Waals surface area contributed by atoms with Crippen molar-refractivity contribution in [3.63, 3.8) is 0 Å². The summed E-state index contributed by atoms with van der Waals surface area (Å²) in [6.45, 7) is 7.54. The number of carbonyl (C=O) groups is 2. The molecule has 21 heavy (non-hydrogen) atoms. The Bertz CT molecular complexity index is 503. The summed E-state index contributed by atoms with van der Waals surface area (Å²) in [5.41, 5.74) is 0.122. The van der Waals surface area contributed by atoms with Crippen LogP contribution >= 0.6 is 0 Å². The van der Waals surface area contributed by atoms with Gasteiger partial charge in [0.05, 0.1) is 0 Å². The molecular formula is C15H21N3O3. The first-order chi connectivity index (χ1) is 9.87. The zero-order valence-corrected chi connectivity index (χ0v) is 12.7. The van der Waals surface area contributed by atoms with Crippen LogP contribution in [0, 0.1) is 0 Å². The molecular weight excluding hydrogens is 270 g/mol. The van der Waals surface area contributed by atoms with Gasteiger partial charge in [-0.1, -0.05) is 0 Å². The minimum absolute atomic E-state index is 0.0266. The average molecular weight is 291 g/mol. The van der Waals surface area contributed by atoms with E-state index in [9.17, 15) is 9.59 Å². The standard InChI is InChI=1S/C15H21N3O3/c1-15(2,3)21-14(20)18-10-8-17(9-11-18)13(19)12-4-6-16-7-5-12/h4-7H,8-11H2,1-3H3. The highest BCUT2D eigenvalue weighted by Gasteiger charge is 2.27. The fourth-order valence-electron chi connectivity index (χ4n) is 2.10. The van der Waals surface area contributed by atoms with Crippen molar-refractivity contribution >= 4 is 12.0 Å². The normalized spacial score (nSPS) is 15.8. The molecule has 0 N–H and O–H groups in total. The molecule has 0 saturated carbocycles. The van der Waals surface area contributed by atoms with E-state index in [1.54, 1.807) is 34.3 Å². The largest absolute Gasteiger partial charge is 0.444 e. The highest BCUT2D eigenvalue weighted by Crippen LogP contribution is 2.13. The van der Waals surface area contributed by atoms with E-state index >= 15 is 0 Å². The Kier molecular flexibility index (Phi) is 4.45. The maximum Gasteiger partial charge on any atom is 0.410 e. The highest BCUT2D eigenvalue weighted by atomic mass is 16.6. The van der Waals surface area contributed by atoms with Crippen LogP contribution in [0.4, 0.5) is 4.79 Å². The molecule has 6 nitrogen and oxygen atoms in total. The number of nitrogens with zero attached hydrogens (tertiary/aromatic N) is 3. The lowest BCUT2D eigenvalue weighted by Gasteiger charge is -2.35. The van der Waals surface area contributed by atoms with Crippen LogP contribution in [0.25, 0.3) is 0 Å². The van der Waals surface area contributed by atoms with Gasteiger partial charge in [-0.15, -0.1) is 0 Å². The summed E-state index contributed by atoms with van der Waals surface area (Å²) < 4.78 is 5.33. The summed E-state index contributed by atoms with van der Waals surface area (Å²) in [6, 6.07) is 3.39. The van der Waals surface area contributed by atoms with Gasteiger partial charge in [-0.3, -0.25) is 9.78 Å². The maximum atomic E-state index is 12.3. The van der Waals surface area contributed by atoms with E-state index in [1.807, 2.05) is 20.8 Å². The molecule has 0 spiro atoms. The molecule has 2 amide bonds. The molecule has 0 radical (unpaired) electrons. The third-order valence-electron chi connectivity index (χ3n) is 3.15. The quantitative estimate of drug-likeness (QED) is 0.791. The molecule has 1 aromatic rings. The molecule has 0 aromatic carbocycles. The van der Waals surface area contributed by atoms with Gasteiger partial charge in [0.2, 0.25) is 0 Å². The first-order valence-corrected chi connectivity index (χ1v) is 7.04. The first-order valence-electron chi connectivity index (χ1n) is 7.04. The van der Waals surface area contributed by atoms with Crippen LogP contribution in [0.2, 0.25) is 0 Å². The van der Waals surface area contributed by atoms with Gasteiger partial charge < -0.3 is 14.5 Å². The molecule has 1 saturated heterocycles. The van der Waals surface area contributed by atoms with Crippen molar-refractivity contribution in [2.75, 3.05) is 26.2 Å². The Balaban J connectivity index is 1.89. The number of pyridine rings is 1. The van der Waals surface area contributed by atoms with Crippen molar-refractivity contribution in [2.24, 2.45) is 0 Å². The van der Waals surface area contributed by atoms with Crippen LogP contribution < -0.4 is 0 Å². The third-order valence-corrected chi connectivity index (χ3v) is 3.15. The van der Waals surface area contributed by atoms with Gasteiger partial charge in [0, 0.05) is 44.1 Å². The van der Waals surface area contributed by atoms with Crippen molar-refractivity contribution in [2.45, 2.75) is 26.4 Å². The van der Waals surface area contributed by atoms with Crippen LogP contribution in [-0.4, -0.2) is 58.6 Å². The third kappa shape index (κ3) is 4.18. The number of piperazine rings is 1. The number of aromatic nitrogens is 1. The molecule has 1 aliphatic rings. The average Bonchev–Trinajstić information content (AvgIpc) is 2.46. The van der Waals surface area contributed by atoms with Crippen LogP contribution in [0.3, 0.4) is 0 Å². The van der Waals surface area contributed by atoms with Crippen molar-refractivity contribution < 1.29 is 14.3 Å². The monoisotopic (exact) mass is 291 g/mol. The van der Waals surface area contributed by atoms with Crippen molar-refractivity contribution in [3.8, 4) is 0 Å². The van der Waals surface area contributed by atoms with Crippen molar-refractivity contribution in [1.82, 2.24) is 14.8 Å². The first kappa shape index (κ1) is 15.3. The number of ether oxygens (including phenoxy) is 1. The Morgan fingerprint density at radius 2 is 1.57 bits per heavy atom. The number of hydrogen-bond donors (Lipinski definition) is 0. The Morgan fingerprint density at radius 3 is 2.10 bits per heavy atom. The molecule has 6 heteroatoms. The summed E-state index contributed by atoms with van der Waals surface area (Å²) in [5.74, 6) is -0.0266. The highest BCUT2D eigenvalue weighted by molar-refractivity contribution is 5.94. The molecule has 2 heterocycles. The van der Waals surface area contributed by atoms with Crippen LogP contribution in [0.15, 0.2) is 24.5 Å². The smallest absolute Gasteiger partial charge is 0.410 e. The van der Waals surface area contributed by atoms with Gasteiger partial charge in [-0.25, -0.2) is 4.79 Å². The van der Waals surface area contributed by atoms with Crippen LogP contribution in [0.1, 0.15) is 31.1 Å². The fraction of sp³-hybridized carbons (Fsp3) is 0.533. The lowest BCUT2D eigenvalue weighted by Crippen LogP contribution is -2.51. The zero-order valence-electron chi connectivity index (χ0n) is 12.7. The van der Waals surface area contributed by atoms with E-state index in [0.29, 0.717) is 31.7 Å². The SMILES string of the molecule is CC(C)(C)OC(=O)N1CCN(C(=O)c2ccncc2)CC1. The number of rotatable bonds is 1. The van der Waals surface area contributed by atoms with Crippen LogP contribution in [-0.2, 0) is 4.74 Å². The predicted molar refractivity (Wildman–Crippen MR) is 77.9 cm³/mol. The van der Waals surface area contributed by atoms with Gasteiger partial charge in [-0.2, -0.15) is 0 Å². The van der Waals surface area contributed by atoms with E-state index < -0.39 is 5.60 Å². The molecule has 0 aliphatic carbocycles. The maximum absolute atomic E-state index is 12.3. The van der Waals surface area contributed by atoms with Gasteiger partial charge >= 0.3 is 6.09 Å². The summed E-state index contributed by atoms with van der Waals surface area (Å²) in [5, 5.41) is 0. The predicted octanol–water partition coefficient (Wildman–Crippen LogP) is 1.77. The number of amides is 2. The minimum Gasteiger partial charge on any atom is -0.444 e. The van der Waals surface area contributed by atoms with E-state index in [1.165, 1.54) is 0 Å².